The van der Waals surface area contributed by atoms with Crippen LogP contribution in [0.2, 0.25) is 0 Å². The van der Waals surface area contributed by atoms with Crippen molar-refractivity contribution in [2.24, 2.45) is 11.8 Å². The summed E-state index contributed by atoms with van der Waals surface area (Å²) in [6, 6.07) is 8.05. The zero-order valence-electron chi connectivity index (χ0n) is 16.8. The summed E-state index contributed by atoms with van der Waals surface area (Å²) in [5, 5.41) is 2.90. The molecule has 3 amide bonds. The molecule has 2 aliphatic heterocycles. The van der Waals surface area contributed by atoms with Gasteiger partial charge in [0.1, 0.15) is 6.54 Å². The van der Waals surface area contributed by atoms with E-state index < -0.39 is 0 Å². The molecule has 0 aromatic heterocycles. The first-order chi connectivity index (χ1) is 14.1. The van der Waals surface area contributed by atoms with E-state index in [1.165, 1.54) is 10.5 Å². The van der Waals surface area contributed by atoms with Gasteiger partial charge in [-0.05, 0) is 24.0 Å². The molecule has 1 aromatic carbocycles. The lowest BCUT2D eigenvalue weighted by atomic mass is 9.81. The first-order valence-corrected chi connectivity index (χ1v) is 10.6. The molecule has 1 N–H and O–H groups in total. The molecule has 0 bridgehead atoms. The summed E-state index contributed by atoms with van der Waals surface area (Å²) in [4.78, 5) is 41.1. The van der Waals surface area contributed by atoms with Crippen LogP contribution in [0, 0.1) is 11.8 Å². The van der Waals surface area contributed by atoms with Gasteiger partial charge in [0.15, 0.2) is 0 Å². The number of likely N-dealkylation sites (tertiary alicyclic amines) is 1. The Bertz CT molecular complexity index is 751. The number of imide groups is 1. The van der Waals surface area contributed by atoms with Crippen LogP contribution in [0.1, 0.15) is 36.8 Å². The van der Waals surface area contributed by atoms with Crippen molar-refractivity contribution >= 4 is 17.7 Å². The van der Waals surface area contributed by atoms with Gasteiger partial charge in [-0.25, -0.2) is 0 Å². The Morgan fingerprint density at radius 3 is 2.28 bits per heavy atom. The zero-order chi connectivity index (χ0) is 20.2. The molecule has 2 heterocycles. The average Bonchev–Trinajstić information content (AvgIpc) is 2.99. The normalized spacial score (nSPS) is 25.2. The fourth-order valence-corrected chi connectivity index (χ4v) is 4.66. The van der Waals surface area contributed by atoms with Crippen molar-refractivity contribution in [3.8, 4) is 0 Å². The topological polar surface area (TPSA) is 79.0 Å². The Hall–Kier alpha value is -2.25. The van der Waals surface area contributed by atoms with Gasteiger partial charge in [0, 0.05) is 26.2 Å². The predicted molar refractivity (Wildman–Crippen MR) is 107 cm³/mol. The predicted octanol–water partition coefficient (Wildman–Crippen LogP) is 1.31. The van der Waals surface area contributed by atoms with Crippen LogP contribution in [0.5, 0.6) is 0 Å². The largest absolute Gasteiger partial charge is 0.379 e. The number of carbonyl (C=O) groups is 3. The molecule has 3 fully saturated rings. The van der Waals surface area contributed by atoms with Crippen LogP contribution in [-0.4, -0.2) is 60.4 Å². The molecule has 7 nitrogen and oxygen atoms in total. The lowest BCUT2D eigenvalue weighted by Gasteiger charge is -2.27. The molecule has 3 aliphatic rings. The molecule has 2 saturated heterocycles. The Balaban J connectivity index is 1.33. The van der Waals surface area contributed by atoms with Crippen LogP contribution in [-0.2, 0) is 32.2 Å². The number of fused-ring (bicyclic) bond motifs is 1. The monoisotopic (exact) mass is 399 g/mol. The molecule has 1 aliphatic carbocycles. The second-order valence-corrected chi connectivity index (χ2v) is 8.19. The minimum Gasteiger partial charge on any atom is -0.379 e. The van der Waals surface area contributed by atoms with Crippen molar-refractivity contribution in [3.63, 3.8) is 0 Å². The third kappa shape index (κ3) is 4.51. The van der Waals surface area contributed by atoms with E-state index in [2.05, 4.69) is 16.3 Å². The Kier molecular flexibility index (Phi) is 6.25. The number of hydrogen-bond acceptors (Lipinski definition) is 5. The molecule has 7 heteroatoms. The second-order valence-electron chi connectivity index (χ2n) is 8.19. The highest BCUT2D eigenvalue weighted by molar-refractivity contribution is 6.07. The van der Waals surface area contributed by atoms with Gasteiger partial charge in [-0.2, -0.15) is 0 Å². The number of benzene rings is 1. The van der Waals surface area contributed by atoms with Crippen molar-refractivity contribution in [3.05, 3.63) is 35.4 Å². The standard InChI is InChI=1S/C22H29N3O4/c26-20(15-25-21(27)18-7-3-4-8-19(18)22(25)28)23-13-16-5-1-2-6-17(16)14-24-9-11-29-12-10-24/h1-2,5-6,18-19H,3-4,7-15H2,(H,23,26)/t18-,19-/m0/s1. The first-order valence-electron chi connectivity index (χ1n) is 10.6. The maximum atomic E-state index is 12.5. The number of amides is 3. The van der Waals surface area contributed by atoms with E-state index in [9.17, 15) is 14.4 Å². The molecule has 4 rings (SSSR count). The van der Waals surface area contributed by atoms with Gasteiger partial charge in [-0.3, -0.25) is 24.2 Å². The molecule has 1 saturated carbocycles. The number of morpholine rings is 1. The fourth-order valence-electron chi connectivity index (χ4n) is 4.66. The Morgan fingerprint density at radius 2 is 1.62 bits per heavy atom. The summed E-state index contributed by atoms with van der Waals surface area (Å²) in [6.45, 7) is 4.35. The maximum Gasteiger partial charge on any atom is 0.240 e. The molecule has 156 valence electrons. The zero-order valence-corrected chi connectivity index (χ0v) is 16.8. The number of ether oxygens (including phenoxy) is 1. The van der Waals surface area contributed by atoms with E-state index in [4.69, 9.17) is 4.74 Å². The van der Waals surface area contributed by atoms with Gasteiger partial charge >= 0.3 is 0 Å². The summed E-state index contributed by atoms with van der Waals surface area (Å²) in [7, 11) is 0. The van der Waals surface area contributed by atoms with Crippen LogP contribution in [0.3, 0.4) is 0 Å². The maximum absolute atomic E-state index is 12.5. The van der Waals surface area contributed by atoms with Gasteiger partial charge in [0.2, 0.25) is 17.7 Å². The SMILES string of the molecule is O=C(CN1C(=O)[C@H]2CCCC[C@@H]2C1=O)NCc1ccccc1CN1CCOCC1. The molecule has 1 aromatic rings. The molecule has 0 radical (unpaired) electrons. The van der Waals surface area contributed by atoms with Crippen LogP contribution >= 0.6 is 0 Å². The van der Waals surface area contributed by atoms with E-state index >= 15 is 0 Å². The molecular formula is C22H29N3O4. The average molecular weight is 399 g/mol. The number of rotatable bonds is 6. The Morgan fingerprint density at radius 1 is 1.00 bits per heavy atom. The van der Waals surface area contributed by atoms with E-state index in [1.807, 2.05) is 18.2 Å². The highest BCUT2D eigenvalue weighted by atomic mass is 16.5. The highest BCUT2D eigenvalue weighted by Gasteiger charge is 2.48. The van der Waals surface area contributed by atoms with Crippen molar-refractivity contribution < 1.29 is 19.1 Å². The van der Waals surface area contributed by atoms with Gasteiger partial charge in [0.05, 0.1) is 25.0 Å². The summed E-state index contributed by atoms with van der Waals surface area (Å²) in [6.07, 6.45) is 3.50. The fraction of sp³-hybridized carbons (Fsp3) is 0.591. The van der Waals surface area contributed by atoms with Gasteiger partial charge < -0.3 is 10.1 Å². The highest BCUT2D eigenvalue weighted by Crippen LogP contribution is 2.37. The number of hydrogen-bond donors (Lipinski definition) is 1. The molecule has 0 spiro atoms. The lowest BCUT2D eigenvalue weighted by molar-refractivity contribution is -0.143. The summed E-state index contributed by atoms with van der Waals surface area (Å²) in [5.74, 6) is -1.03. The number of carbonyl (C=O) groups excluding carboxylic acids is 3. The minimum absolute atomic E-state index is 0.164. The van der Waals surface area contributed by atoms with E-state index in [0.717, 1.165) is 64.1 Å². The van der Waals surface area contributed by atoms with Crippen LogP contribution < -0.4 is 5.32 Å². The summed E-state index contributed by atoms with van der Waals surface area (Å²) < 4.78 is 5.40. The van der Waals surface area contributed by atoms with Gasteiger partial charge in [0.25, 0.3) is 0 Å². The van der Waals surface area contributed by atoms with E-state index in [0.29, 0.717) is 6.54 Å². The molecule has 29 heavy (non-hydrogen) atoms. The second kappa shape index (κ2) is 9.05. The Labute approximate surface area is 171 Å². The lowest BCUT2D eigenvalue weighted by Crippen LogP contribution is -2.41. The summed E-state index contributed by atoms with van der Waals surface area (Å²) in [5.41, 5.74) is 2.23. The van der Waals surface area contributed by atoms with E-state index in [1.54, 1.807) is 0 Å². The van der Waals surface area contributed by atoms with E-state index in [-0.39, 0.29) is 36.1 Å². The molecule has 0 unspecified atom stereocenters. The van der Waals surface area contributed by atoms with Gasteiger partial charge in [-0.1, -0.05) is 37.1 Å². The van der Waals surface area contributed by atoms with Crippen molar-refractivity contribution in [1.82, 2.24) is 15.1 Å². The molecule has 2 atom stereocenters. The smallest absolute Gasteiger partial charge is 0.240 e. The van der Waals surface area contributed by atoms with Crippen LogP contribution in [0.4, 0.5) is 0 Å². The van der Waals surface area contributed by atoms with Crippen LogP contribution in [0.25, 0.3) is 0 Å². The number of nitrogens with one attached hydrogen (secondary N) is 1. The number of nitrogens with zero attached hydrogens (tertiary/aromatic N) is 2. The van der Waals surface area contributed by atoms with Crippen molar-refractivity contribution in [1.29, 1.82) is 0 Å². The minimum atomic E-state index is -0.286. The third-order valence-electron chi connectivity index (χ3n) is 6.33. The van der Waals surface area contributed by atoms with Gasteiger partial charge in [-0.15, -0.1) is 0 Å². The first kappa shape index (κ1) is 20.0. The van der Waals surface area contributed by atoms with Crippen LogP contribution in [0.15, 0.2) is 24.3 Å². The quantitative estimate of drug-likeness (QED) is 0.730. The van der Waals surface area contributed by atoms with Crippen molar-refractivity contribution in [2.75, 3.05) is 32.8 Å². The summed E-state index contributed by atoms with van der Waals surface area (Å²) >= 11 is 0. The molecular weight excluding hydrogens is 370 g/mol. The third-order valence-corrected chi connectivity index (χ3v) is 6.33. The van der Waals surface area contributed by atoms with Crippen molar-refractivity contribution in [2.45, 2.75) is 38.8 Å².